The Morgan fingerprint density at radius 1 is 1.35 bits per heavy atom. The number of aryl methyl sites for hydroxylation is 1. The summed E-state index contributed by atoms with van der Waals surface area (Å²) in [5, 5.41) is 13.4. The fraction of sp³-hybridized carbons (Fsp3) is 0.615. The van der Waals surface area contributed by atoms with Gasteiger partial charge in [0.05, 0.1) is 12.1 Å². The molecule has 1 aromatic rings. The van der Waals surface area contributed by atoms with Crippen LogP contribution >= 0.6 is 15.9 Å². The van der Waals surface area contributed by atoms with Gasteiger partial charge < -0.3 is 10.4 Å². The number of hydrogen-bond donors (Lipinski definition) is 2. The summed E-state index contributed by atoms with van der Waals surface area (Å²) in [6.45, 7) is 2.03. The van der Waals surface area contributed by atoms with Gasteiger partial charge in [-0.25, -0.2) is 4.98 Å². The van der Waals surface area contributed by atoms with Crippen molar-refractivity contribution >= 4 is 21.7 Å². The Kier molecular flexibility index (Phi) is 4.40. The number of aromatic nitrogens is 1. The van der Waals surface area contributed by atoms with Crippen LogP contribution in [-0.2, 0) is 0 Å². The maximum Gasteiger partial charge on any atom is 0.129 e. The van der Waals surface area contributed by atoms with Crippen molar-refractivity contribution in [3.63, 3.8) is 0 Å². The predicted molar refractivity (Wildman–Crippen MR) is 73.2 cm³/mol. The molecular weight excluding hydrogens is 280 g/mol. The molecule has 2 N–H and O–H groups in total. The highest BCUT2D eigenvalue weighted by molar-refractivity contribution is 9.10. The molecule has 0 aromatic carbocycles. The van der Waals surface area contributed by atoms with Crippen molar-refractivity contribution < 1.29 is 5.11 Å². The number of halogens is 1. The summed E-state index contributed by atoms with van der Waals surface area (Å²) < 4.78 is 0.988. The van der Waals surface area contributed by atoms with Crippen molar-refractivity contribution in [1.29, 1.82) is 0 Å². The highest BCUT2D eigenvalue weighted by Gasteiger charge is 2.22. The van der Waals surface area contributed by atoms with Crippen molar-refractivity contribution in [3.05, 3.63) is 22.3 Å². The zero-order valence-electron chi connectivity index (χ0n) is 10.1. The second-order valence-electron chi connectivity index (χ2n) is 4.78. The van der Waals surface area contributed by atoms with Crippen LogP contribution in [0.3, 0.4) is 0 Å². The lowest BCUT2D eigenvalue weighted by Gasteiger charge is -2.23. The fourth-order valence-electron chi connectivity index (χ4n) is 2.32. The SMILES string of the molecule is Cc1cc(Br)cnc1NC1CCCCCC1O. The zero-order valence-corrected chi connectivity index (χ0v) is 11.7. The Hall–Kier alpha value is -0.610. The predicted octanol–water partition coefficient (Wildman–Crippen LogP) is 3.26. The minimum Gasteiger partial charge on any atom is -0.391 e. The van der Waals surface area contributed by atoms with Gasteiger partial charge in [0.1, 0.15) is 5.82 Å². The highest BCUT2D eigenvalue weighted by atomic mass is 79.9. The van der Waals surface area contributed by atoms with Crippen LogP contribution in [0.1, 0.15) is 37.7 Å². The molecule has 1 aliphatic rings. The molecule has 0 radical (unpaired) electrons. The Bertz CT molecular complexity index is 384. The van der Waals surface area contributed by atoms with Crippen molar-refractivity contribution in [1.82, 2.24) is 4.98 Å². The third-order valence-corrected chi connectivity index (χ3v) is 3.78. The smallest absolute Gasteiger partial charge is 0.129 e. The molecule has 3 nitrogen and oxygen atoms in total. The van der Waals surface area contributed by atoms with E-state index in [1.165, 1.54) is 12.8 Å². The van der Waals surface area contributed by atoms with Gasteiger partial charge in [-0.2, -0.15) is 0 Å². The molecule has 1 aliphatic carbocycles. The van der Waals surface area contributed by atoms with Crippen LogP contribution in [0.15, 0.2) is 16.7 Å². The lowest BCUT2D eigenvalue weighted by atomic mass is 10.1. The van der Waals surface area contributed by atoms with Crippen molar-refractivity contribution in [2.45, 2.75) is 51.2 Å². The molecule has 2 atom stereocenters. The molecule has 4 heteroatoms. The summed E-state index contributed by atoms with van der Waals surface area (Å²) in [6.07, 6.45) is 7.00. The van der Waals surface area contributed by atoms with E-state index in [4.69, 9.17) is 0 Å². The first-order valence-electron chi connectivity index (χ1n) is 6.23. The van der Waals surface area contributed by atoms with Crippen LogP contribution in [0.5, 0.6) is 0 Å². The number of hydrogen-bond acceptors (Lipinski definition) is 3. The minimum absolute atomic E-state index is 0.143. The van der Waals surface area contributed by atoms with Crippen LogP contribution < -0.4 is 5.32 Å². The van der Waals surface area contributed by atoms with E-state index in [1.54, 1.807) is 6.20 Å². The molecule has 2 unspecified atom stereocenters. The first-order valence-corrected chi connectivity index (χ1v) is 7.03. The normalized spacial score (nSPS) is 25.4. The number of nitrogens with zero attached hydrogens (tertiary/aromatic N) is 1. The number of pyridine rings is 1. The summed E-state index contributed by atoms with van der Waals surface area (Å²) in [5.74, 6) is 0.888. The maximum atomic E-state index is 10.1. The topological polar surface area (TPSA) is 45.2 Å². The molecular formula is C13H19BrN2O. The lowest BCUT2D eigenvalue weighted by molar-refractivity contribution is 0.144. The number of rotatable bonds is 2. The molecule has 1 fully saturated rings. The minimum atomic E-state index is -0.248. The third kappa shape index (κ3) is 3.42. The van der Waals surface area contributed by atoms with Gasteiger partial charge in [0.2, 0.25) is 0 Å². The maximum absolute atomic E-state index is 10.1. The van der Waals surface area contributed by atoms with Crippen LogP contribution in [-0.4, -0.2) is 22.2 Å². The van der Waals surface area contributed by atoms with Crippen molar-refractivity contribution in [2.75, 3.05) is 5.32 Å². The van der Waals surface area contributed by atoms with E-state index in [9.17, 15) is 5.11 Å². The monoisotopic (exact) mass is 298 g/mol. The lowest BCUT2D eigenvalue weighted by Crippen LogP contribution is -2.33. The molecule has 17 heavy (non-hydrogen) atoms. The molecule has 0 saturated heterocycles. The fourth-order valence-corrected chi connectivity index (χ4v) is 2.77. The van der Waals surface area contributed by atoms with Gasteiger partial charge in [-0.1, -0.05) is 19.3 Å². The number of nitrogens with one attached hydrogen (secondary N) is 1. The van der Waals surface area contributed by atoms with Gasteiger partial charge in [0, 0.05) is 10.7 Å². The van der Waals surface area contributed by atoms with Crippen molar-refractivity contribution in [2.24, 2.45) is 0 Å². The van der Waals surface area contributed by atoms with Crippen LogP contribution in [0.2, 0.25) is 0 Å². The van der Waals surface area contributed by atoms with Crippen LogP contribution in [0.4, 0.5) is 5.82 Å². The third-order valence-electron chi connectivity index (χ3n) is 3.35. The average molecular weight is 299 g/mol. The summed E-state index contributed by atoms with van der Waals surface area (Å²) in [4.78, 5) is 4.37. The number of anilines is 1. The molecule has 1 heterocycles. The number of aliphatic hydroxyl groups excluding tert-OH is 1. The van der Waals surface area contributed by atoms with Crippen molar-refractivity contribution in [3.8, 4) is 0 Å². The first-order chi connectivity index (χ1) is 8.16. The Balaban J connectivity index is 2.08. The van der Waals surface area contributed by atoms with E-state index < -0.39 is 0 Å². The molecule has 0 spiro atoms. The summed E-state index contributed by atoms with van der Waals surface area (Å²) in [5.41, 5.74) is 1.11. The summed E-state index contributed by atoms with van der Waals surface area (Å²) in [7, 11) is 0. The average Bonchev–Trinajstić information content (AvgIpc) is 2.48. The van der Waals surface area contributed by atoms with Gasteiger partial charge in [0.15, 0.2) is 0 Å². The van der Waals surface area contributed by atoms with E-state index in [1.807, 2.05) is 13.0 Å². The molecule has 94 valence electrons. The second kappa shape index (κ2) is 5.83. The molecule has 2 rings (SSSR count). The quantitative estimate of drug-likeness (QED) is 0.824. The molecule has 0 aliphatic heterocycles. The van der Waals surface area contributed by atoms with Gasteiger partial charge >= 0.3 is 0 Å². The summed E-state index contributed by atoms with van der Waals surface area (Å²) in [6, 6.07) is 2.18. The van der Waals surface area contributed by atoms with E-state index in [-0.39, 0.29) is 12.1 Å². The molecule has 0 bridgehead atoms. The van der Waals surface area contributed by atoms with Gasteiger partial charge in [-0.05, 0) is 47.3 Å². The Labute approximate surface area is 111 Å². The van der Waals surface area contributed by atoms with E-state index in [2.05, 4.69) is 26.2 Å². The van der Waals surface area contributed by atoms with Crippen LogP contribution in [0, 0.1) is 6.92 Å². The molecule has 1 aromatic heterocycles. The van der Waals surface area contributed by atoms with Crippen LogP contribution in [0.25, 0.3) is 0 Å². The molecule has 1 saturated carbocycles. The van der Waals surface area contributed by atoms with E-state index in [0.717, 1.165) is 35.1 Å². The first kappa shape index (κ1) is 12.8. The van der Waals surface area contributed by atoms with Gasteiger partial charge in [-0.3, -0.25) is 0 Å². The Morgan fingerprint density at radius 3 is 2.88 bits per heavy atom. The zero-order chi connectivity index (χ0) is 12.3. The standard InChI is InChI=1S/C13H19BrN2O/c1-9-7-10(14)8-15-13(9)16-11-5-3-2-4-6-12(11)17/h7-8,11-12,17H,2-6H2,1H3,(H,15,16). The van der Waals surface area contributed by atoms with Gasteiger partial charge in [0.25, 0.3) is 0 Å². The Morgan fingerprint density at radius 2 is 2.12 bits per heavy atom. The van der Waals surface area contributed by atoms with E-state index in [0.29, 0.717) is 0 Å². The van der Waals surface area contributed by atoms with Gasteiger partial charge in [-0.15, -0.1) is 0 Å². The number of aliphatic hydroxyl groups is 1. The van der Waals surface area contributed by atoms with E-state index >= 15 is 0 Å². The highest BCUT2D eigenvalue weighted by Crippen LogP contribution is 2.23. The second-order valence-corrected chi connectivity index (χ2v) is 5.69. The molecule has 0 amide bonds. The largest absolute Gasteiger partial charge is 0.391 e. The summed E-state index contributed by atoms with van der Waals surface area (Å²) >= 11 is 3.41.